The maximum Gasteiger partial charge on any atom is 0.245 e. The summed E-state index contributed by atoms with van der Waals surface area (Å²) in [5, 5.41) is 2.75. The van der Waals surface area contributed by atoms with Crippen LogP contribution < -0.4 is 5.32 Å². The van der Waals surface area contributed by atoms with Crippen LogP contribution in [-0.2, 0) is 16.0 Å². The summed E-state index contributed by atoms with van der Waals surface area (Å²) in [6.45, 7) is 6.22. The Kier molecular flexibility index (Phi) is 4.37. The first-order chi connectivity index (χ1) is 9.50. The van der Waals surface area contributed by atoms with Crippen LogP contribution in [0, 0.1) is 5.92 Å². The Bertz CT molecular complexity index is 487. The third-order valence-corrected chi connectivity index (χ3v) is 3.64. The zero-order valence-electron chi connectivity index (χ0n) is 12.2. The van der Waals surface area contributed by atoms with Crippen LogP contribution in [0.15, 0.2) is 24.5 Å². The van der Waals surface area contributed by atoms with E-state index in [1.54, 1.807) is 24.2 Å². The lowest BCUT2D eigenvalue weighted by atomic mass is 9.97. The smallest absolute Gasteiger partial charge is 0.245 e. The van der Waals surface area contributed by atoms with E-state index in [4.69, 9.17) is 0 Å². The van der Waals surface area contributed by atoms with Gasteiger partial charge in [-0.2, -0.15) is 0 Å². The molecule has 1 aromatic rings. The van der Waals surface area contributed by atoms with Crippen LogP contribution in [0.25, 0.3) is 0 Å². The highest BCUT2D eigenvalue weighted by Gasteiger charge is 2.39. The van der Waals surface area contributed by atoms with Crippen LogP contribution in [0.2, 0.25) is 0 Å². The van der Waals surface area contributed by atoms with Crippen LogP contribution in [0.4, 0.5) is 0 Å². The highest BCUT2D eigenvalue weighted by molar-refractivity contribution is 5.96. The Morgan fingerprint density at radius 1 is 1.30 bits per heavy atom. The Balaban J connectivity index is 2.12. The maximum atomic E-state index is 12.3. The average molecular weight is 275 g/mol. The molecule has 108 valence electrons. The molecule has 1 fully saturated rings. The number of nitrogens with one attached hydrogen (secondary N) is 1. The van der Waals surface area contributed by atoms with E-state index in [0.717, 1.165) is 12.0 Å². The molecule has 20 heavy (non-hydrogen) atoms. The number of carbonyl (C=O) groups excluding carboxylic acids is 2. The highest BCUT2D eigenvalue weighted by Crippen LogP contribution is 2.18. The lowest BCUT2D eigenvalue weighted by molar-refractivity contribution is -0.150. The summed E-state index contributed by atoms with van der Waals surface area (Å²) in [7, 11) is 0. The first kappa shape index (κ1) is 14.5. The predicted octanol–water partition coefficient (Wildman–Crippen LogP) is 0.996. The Morgan fingerprint density at radius 2 is 1.95 bits per heavy atom. The number of hydrogen-bond acceptors (Lipinski definition) is 3. The van der Waals surface area contributed by atoms with Gasteiger partial charge in [-0.1, -0.05) is 13.8 Å². The highest BCUT2D eigenvalue weighted by atomic mass is 16.2. The fraction of sp³-hybridized carbons (Fsp3) is 0.533. The van der Waals surface area contributed by atoms with Crippen molar-refractivity contribution < 1.29 is 9.59 Å². The molecule has 0 aliphatic carbocycles. The number of carbonyl (C=O) groups is 2. The molecule has 0 spiro atoms. The lowest BCUT2D eigenvalue weighted by Gasteiger charge is -2.40. The fourth-order valence-corrected chi connectivity index (χ4v) is 2.60. The Labute approximate surface area is 119 Å². The van der Waals surface area contributed by atoms with Gasteiger partial charge in [0.1, 0.15) is 12.1 Å². The molecule has 1 aromatic heterocycles. The molecule has 2 rings (SSSR count). The van der Waals surface area contributed by atoms with E-state index in [0.29, 0.717) is 6.54 Å². The molecule has 0 saturated carbocycles. The normalized spacial score (nSPS) is 23.1. The molecule has 5 heteroatoms. The second-order valence-corrected chi connectivity index (χ2v) is 5.56. The summed E-state index contributed by atoms with van der Waals surface area (Å²) in [4.78, 5) is 30.1. The van der Waals surface area contributed by atoms with E-state index in [-0.39, 0.29) is 23.8 Å². The van der Waals surface area contributed by atoms with Gasteiger partial charge in [-0.15, -0.1) is 0 Å². The van der Waals surface area contributed by atoms with Gasteiger partial charge in [-0.3, -0.25) is 14.6 Å². The van der Waals surface area contributed by atoms with Crippen molar-refractivity contribution in [2.24, 2.45) is 5.92 Å². The Hall–Kier alpha value is -1.91. The third-order valence-electron chi connectivity index (χ3n) is 3.64. The number of aromatic nitrogens is 1. The number of pyridine rings is 1. The minimum absolute atomic E-state index is 0.00245. The van der Waals surface area contributed by atoms with Crippen LogP contribution in [0.1, 0.15) is 26.3 Å². The first-order valence-corrected chi connectivity index (χ1v) is 7.00. The summed E-state index contributed by atoms with van der Waals surface area (Å²) in [6.07, 6.45) is 4.21. The van der Waals surface area contributed by atoms with Crippen molar-refractivity contribution in [3.8, 4) is 0 Å². The number of hydrogen-bond donors (Lipinski definition) is 1. The molecule has 5 nitrogen and oxygen atoms in total. The summed E-state index contributed by atoms with van der Waals surface area (Å²) in [6, 6.07) is 3.06. The van der Waals surface area contributed by atoms with Gasteiger partial charge in [-0.25, -0.2) is 0 Å². The second kappa shape index (κ2) is 6.03. The van der Waals surface area contributed by atoms with Crippen LogP contribution in [0.3, 0.4) is 0 Å². The molecule has 1 N–H and O–H groups in total. The number of amides is 2. The second-order valence-electron chi connectivity index (χ2n) is 5.56. The predicted molar refractivity (Wildman–Crippen MR) is 75.9 cm³/mol. The van der Waals surface area contributed by atoms with E-state index in [1.807, 2.05) is 26.0 Å². The summed E-state index contributed by atoms with van der Waals surface area (Å²) < 4.78 is 0. The van der Waals surface area contributed by atoms with E-state index in [1.165, 1.54) is 0 Å². The van der Waals surface area contributed by atoms with E-state index >= 15 is 0 Å². The molecule has 1 aliphatic rings. The van der Waals surface area contributed by atoms with E-state index in [9.17, 15) is 9.59 Å². The molecule has 2 heterocycles. The SMILES string of the molecule is CC1NC(=O)C(C(C)C)N(CCc2ccncc2)C1=O. The molecule has 0 aromatic carbocycles. The molecule has 0 radical (unpaired) electrons. The zero-order valence-corrected chi connectivity index (χ0v) is 12.2. The molecule has 0 bridgehead atoms. The topological polar surface area (TPSA) is 62.3 Å². The van der Waals surface area contributed by atoms with Gasteiger partial charge in [0.2, 0.25) is 11.8 Å². The monoisotopic (exact) mass is 275 g/mol. The van der Waals surface area contributed by atoms with Gasteiger partial charge < -0.3 is 10.2 Å². The molecule has 2 unspecified atom stereocenters. The average Bonchev–Trinajstić information content (AvgIpc) is 2.41. The molecule has 1 aliphatic heterocycles. The van der Waals surface area contributed by atoms with Crippen LogP contribution in [0.5, 0.6) is 0 Å². The molecule has 2 atom stereocenters. The first-order valence-electron chi connectivity index (χ1n) is 7.00. The van der Waals surface area contributed by atoms with Gasteiger partial charge in [0.25, 0.3) is 0 Å². The van der Waals surface area contributed by atoms with E-state index in [2.05, 4.69) is 10.3 Å². The van der Waals surface area contributed by atoms with E-state index < -0.39 is 6.04 Å². The van der Waals surface area contributed by atoms with Gasteiger partial charge in [-0.05, 0) is 37.0 Å². The summed E-state index contributed by atoms with van der Waals surface area (Å²) in [5.41, 5.74) is 1.12. The Morgan fingerprint density at radius 3 is 2.55 bits per heavy atom. The van der Waals surface area contributed by atoms with Gasteiger partial charge >= 0.3 is 0 Å². The molecule has 2 amide bonds. The van der Waals surface area contributed by atoms with Crippen molar-refractivity contribution in [1.29, 1.82) is 0 Å². The molecular formula is C15H21N3O2. The van der Waals surface area contributed by atoms with Crippen molar-refractivity contribution in [3.05, 3.63) is 30.1 Å². The molecular weight excluding hydrogens is 254 g/mol. The van der Waals surface area contributed by atoms with Crippen molar-refractivity contribution in [3.63, 3.8) is 0 Å². The van der Waals surface area contributed by atoms with Crippen molar-refractivity contribution in [2.75, 3.05) is 6.54 Å². The summed E-state index contributed by atoms with van der Waals surface area (Å²) in [5.74, 6) is 0.0445. The number of piperazine rings is 1. The standard InChI is InChI=1S/C15H21N3O2/c1-10(2)13-14(19)17-11(3)15(20)18(13)9-6-12-4-7-16-8-5-12/h4-5,7-8,10-11,13H,6,9H2,1-3H3,(H,17,19). The van der Waals surface area contributed by atoms with Crippen molar-refractivity contribution in [2.45, 2.75) is 39.3 Å². The third kappa shape index (κ3) is 2.98. The quantitative estimate of drug-likeness (QED) is 0.891. The van der Waals surface area contributed by atoms with Crippen LogP contribution >= 0.6 is 0 Å². The van der Waals surface area contributed by atoms with Gasteiger partial charge in [0, 0.05) is 18.9 Å². The van der Waals surface area contributed by atoms with Crippen molar-refractivity contribution in [1.82, 2.24) is 15.2 Å². The van der Waals surface area contributed by atoms with Crippen LogP contribution in [-0.4, -0.2) is 40.3 Å². The lowest BCUT2D eigenvalue weighted by Crippen LogP contribution is -2.64. The summed E-state index contributed by atoms with van der Waals surface area (Å²) >= 11 is 0. The minimum atomic E-state index is -0.435. The largest absolute Gasteiger partial charge is 0.343 e. The maximum absolute atomic E-state index is 12.3. The van der Waals surface area contributed by atoms with Gasteiger partial charge in [0.15, 0.2) is 0 Å². The number of rotatable bonds is 4. The zero-order chi connectivity index (χ0) is 14.7. The fourth-order valence-electron chi connectivity index (χ4n) is 2.60. The van der Waals surface area contributed by atoms with Gasteiger partial charge in [0.05, 0.1) is 0 Å². The van der Waals surface area contributed by atoms with Crippen molar-refractivity contribution >= 4 is 11.8 Å². The minimum Gasteiger partial charge on any atom is -0.343 e. The molecule has 1 saturated heterocycles. The number of nitrogens with zero attached hydrogens (tertiary/aromatic N) is 2.